The molecule has 0 spiro atoms. The fraction of sp³-hybridized carbons (Fsp3) is 0.0968. The zero-order valence-corrected chi connectivity index (χ0v) is 25.0. The molecule has 0 heterocycles. The molecule has 4 rings (SSSR count). The van der Waals surface area contributed by atoms with E-state index in [2.05, 4.69) is 36.1 Å². The van der Waals surface area contributed by atoms with Crippen LogP contribution in [0.15, 0.2) is 109 Å². The van der Waals surface area contributed by atoms with E-state index in [0.29, 0.717) is 0 Å². The van der Waals surface area contributed by atoms with E-state index in [9.17, 15) is 0 Å². The van der Waals surface area contributed by atoms with Crippen molar-refractivity contribution in [3.05, 3.63) is 137 Å². The second-order valence-corrected chi connectivity index (χ2v) is 9.99. The third-order valence-electron chi connectivity index (χ3n) is 5.44. The van der Waals surface area contributed by atoms with Crippen LogP contribution in [0.2, 0.25) is 0 Å². The third kappa shape index (κ3) is 8.81. The van der Waals surface area contributed by atoms with Crippen LogP contribution in [0.5, 0.6) is 0 Å². The van der Waals surface area contributed by atoms with Crippen molar-refractivity contribution in [2.45, 2.75) is 6.92 Å². The Hall–Kier alpha value is -2.47. The number of benzene rings is 4. The molecule has 0 aliphatic rings. The maximum atomic E-state index is 5.48. The first-order chi connectivity index (χ1) is 17.3. The summed E-state index contributed by atoms with van der Waals surface area (Å²) in [7, 11) is 4.03. The number of rotatable bonds is 5. The molecule has 0 radical (unpaired) electrons. The van der Waals surface area contributed by atoms with Crippen molar-refractivity contribution in [3.8, 4) is 0 Å². The van der Waals surface area contributed by atoms with Crippen molar-refractivity contribution in [3.63, 3.8) is 0 Å². The summed E-state index contributed by atoms with van der Waals surface area (Å²) in [6.07, 6.45) is 0. The van der Waals surface area contributed by atoms with Gasteiger partial charge in [0.05, 0.1) is 0 Å². The predicted octanol–water partition coefficient (Wildman–Crippen LogP) is 7.58. The van der Waals surface area contributed by atoms with Crippen molar-refractivity contribution in [1.82, 2.24) is 0 Å². The molecule has 0 unspecified atom stereocenters. The Morgan fingerprint density at radius 2 is 0.757 bits per heavy atom. The number of nitrogens with zero attached hydrogens (tertiary/aromatic N) is 1. The Balaban J connectivity index is 0.000000255. The molecule has 194 valence electrons. The Labute approximate surface area is 253 Å². The van der Waals surface area contributed by atoms with Gasteiger partial charge in [-0.2, -0.15) is 19.6 Å². The van der Waals surface area contributed by atoms with Gasteiger partial charge in [0.2, 0.25) is 0 Å². The average molecular weight is 601 g/mol. The van der Waals surface area contributed by atoms with Crippen LogP contribution in [-0.2, 0) is 67.0 Å². The van der Waals surface area contributed by atoms with Crippen LogP contribution < -0.4 is 4.90 Å². The molecule has 0 aromatic heterocycles. The maximum absolute atomic E-state index is 5.48. The smallest absolute Gasteiger partial charge is 0.0361 e. The van der Waals surface area contributed by atoms with Gasteiger partial charge in [-0.25, -0.2) is 0 Å². The van der Waals surface area contributed by atoms with Crippen molar-refractivity contribution >= 4 is 75.8 Å². The molecule has 4 aromatic carbocycles. The Kier molecular flexibility index (Phi) is 12.5. The summed E-state index contributed by atoms with van der Waals surface area (Å²) in [6, 6.07) is 36.1. The molecule has 0 aliphatic carbocycles. The van der Waals surface area contributed by atoms with Crippen molar-refractivity contribution in [1.29, 1.82) is 0 Å². The fourth-order valence-electron chi connectivity index (χ4n) is 3.32. The number of hydrogen-bond acceptors (Lipinski definition) is 5. The molecule has 4 aromatic rings. The molecule has 6 heteroatoms. The second-order valence-electron chi connectivity index (χ2n) is 8.36. The summed E-state index contributed by atoms with van der Waals surface area (Å²) in [5, 5.41) is 0. The van der Waals surface area contributed by atoms with E-state index in [1.807, 2.05) is 99.0 Å². The SMILES string of the molecule is CN(C)c1ccc(/C([S-])=C(/[S-])c2ccccc2)cc1.Cc1ccc(/C([S-])=C(/[S-])c2ccccc2)cc1.[Ni]. The summed E-state index contributed by atoms with van der Waals surface area (Å²) in [5.74, 6) is 0. The molecule has 1 nitrogen and oxygen atoms in total. The van der Waals surface area contributed by atoms with Crippen molar-refractivity contribution in [2.24, 2.45) is 0 Å². The van der Waals surface area contributed by atoms with E-state index in [1.165, 1.54) is 5.56 Å². The van der Waals surface area contributed by atoms with Crippen LogP contribution in [0, 0.1) is 6.92 Å². The van der Waals surface area contributed by atoms with Crippen molar-refractivity contribution in [2.75, 3.05) is 19.0 Å². The van der Waals surface area contributed by atoms with Gasteiger partial charge in [0.1, 0.15) is 0 Å². The molecular weight excluding hydrogens is 573 g/mol. The van der Waals surface area contributed by atoms with E-state index >= 15 is 0 Å². The second kappa shape index (κ2) is 15.1. The summed E-state index contributed by atoms with van der Waals surface area (Å²) < 4.78 is 0. The van der Waals surface area contributed by atoms with E-state index in [4.69, 9.17) is 50.5 Å². The Morgan fingerprint density at radius 1 is 0.459 bits per heavy atom. The maximum Gasteiger partial charge on any atom is 0.0361 e. The standard InChI is InChI=1S/C16H17NS2.C15H14S2.Ni/c1-17(2)14-10-8-13(9-11-14)16(19)15(18)12-6-4-3-5-7-12;1-11-7-9-13(10-8-11)15(17)14(16)12-5-3-2-4-6-12;/h3-11,18-19H,1-2H3;2-10,16-17H,1H3;/p-4/b16-15-;15-14-;. The molecule has 0 bridgehead atoms. The van der Waals surface area contributed by atoms with Crippen LogP contribution in [0.25, 0.3) is 19.6 Å². The summed E-state index contributed by atoms with van der Waals surface area (Å²) in [6.45, 7) is 2.06. The first-order valence-corrected chi connectivity index (χ1v) is 13.0. The number of anilines is 1. The molecule has 0 fully saturated rings. The van der Waals surface area contributed by atoms with Crippen LogP contribution in [0.1, 0.15) is 27.8 Å². The van der Waals surface area contributed by atoms with Crippen LogP contribution in [-0.4, -0.2) is 14.1 Å². The van der Waals surface area contributed by atoms with Gasteiger partial charge in [-0.05, 0) is 41.3 Å². The molecule has 0 N–H and O–H groups in total. The molecule has 0 aliphatic heterocycles. The molecule has 0 amide bonds. The average Bonchev–Trinajstić information content (AvgIpc) is 2.93. The first-order valence-electron chi connectivity index (χ1n) is 11.4. The monoisotopic (exact) mass is 599 g/mol. The van der Waals surface area contributed by atoms with Gasteiger partial charge in [0.25, 0.3) is 0 Å². The topological polar surface area (TPSA) is 3.24 Å². The summed E-state index contributed by atoms with van der Waals surface area (Å²) >= 11 is 21.8. The van der Waals surface area contributed by atoms with Gasteiger partial charge >= 0.3 is 0 Å². The summed E-state index contributed by atoms with van der Waals surface area (Å²) in [4.78, 5) is 5.00. The molecular formula is C31H27NNiS4-4. The minimum absolute atomic E-state index is 0. The van der Waals surface area contributed by atoms with E-state index in [1.54, 1.807) is 0 Å². The largest absolute Gasteiger partial charge is 0.781 e. The molecule has 0 atom stereocenters. The first kappa shape index (κ1) is 30.8. The minimum Gasteiger partial charge on any atom is -0.781 e. The van der Waals surface area contributed by atoms with Gasteiger partial charge in [-0.3, -0.25) is 0 Å². The third-order valence-corrected chi connectivity index (χ3v) is 7.46. The number of hydrogen-bond donors (Lipinski definition) is 0. The van der Waals surface area contributed by atoms with Gasteiger partial charge < -0.3 is 55.4 Å². The van der Waals surface area contributed by atoms with E-state index < -0.39 is 0 Å². The Morgan fingerprint density at radius 3 is 1.08 bits per heavy atom. The Bertz CT molecular complexity index is 1320. The molecule has 37 heavy (non-hydrogen) atoms. The van der Waals surface area contributed by atoms with Crippen LogP contribution in [0.4, 0.5) is 5.69 Å². The molecule has 0 saturated carbocycles. The fourth-order valence-corrected chi connectivity index (χ4v) is 4.34. The van der Waals surface area contributed by atoms with E-state index in [-0.39, 0.29) is 16.5 Å². The van der Waals surface area contributed by atoms with Gasteiger partial charge in [0.15, 0.2) is 0 Å². The quantitative estimate of drug-likeness (QED) is 0.132. The molecule has 0 saturated heterocycles. The van der Waals surface area contributed by atoms with Gasteiger partial charge in [-0.15, -0.1) is 0 Å². The minimum atomic E-state index is 0. The van der Waals surface area contributed by atoms with Gasteiger partial charge in [-0.1, -0.05) is 103 Å². The zero-order valence-electron chi connectivity index (χ0n) is 20.8. The van der Waals surface area contributed by atoms with E-state index in [0.717, 1.165) is 47.6 Å². The zero-order chi connectivity index (χ0) is 26.1. The van der Waals surface area contributed by atoms with Crippen LogP contribution >= 0.6 is 0 Å². The normalized spacial score (nSPS) is 11.6. The summed E-state index contributed by atoms with van der Waals surface area (Å²) in [5.41, 5.74) is 6.39. The predicted molar refractivity (Wildman–Crippen MR) is 168 cm³/mol. The van der Waals surface area contributed by atoms with Crippen molar-refractivity contribution < 1.29 is 16.5 Å². The van der Waals surface area contributed by atoms with Crippen LogP contribution in [0.3, 0.4) is 0 Å². The number of aryl methyl sites for hydroxylation is 1. The van der Waals surface area contributed by atoms with Gasteiger partial charge in [0, 0.05) is 36.3 Å².